The molecule has 16 heavy (non-hydrogen) atoms. The van der Waals surface area contributed by atoms with E-state index < -0.39 is 0 Å². The number of piperidine rings is 1. The Morgan fingerprint density at radius 2 is 1.75 bits per heavy atom. The van der Waals surface area contributed by atoms with E-state index >= 15 is 0 Å². The van der Waals surface area contributed by atoms with E-state index in [0.29, 0.717) is 6.04 Å². The number of hydrogen-bond acceptors (Lipinski definition) is 2. The fourth-order valence-electron chi connectivity index (χ4n) is 3.11. The Kier molecular flexibility index (Phi) is 5.04. The summed E-state index contributed by atoms with van der Waals surface area (Å²) in [4.78, 5) is 2.66. The van der Waals surface area contributed by atoms with Gasteiger partial charge in [-0.25, -0.2) is 0 Å². The first-order valence-electron chi connectivity index (χ1n) is 6.80. The summed E-state index contributed by atoms with van der Waals surface area (Å²) >= 11 is 4.84. The van der Waals surface area contributed by atoms with Gasteiger partial charge in [0.25, 0.3) is 0 Å². The highest BCUT2D eigenvalue weighted by Gasteiger charge is 2.21. The van der Waals surface area contributed by atoms with Crippen molar-refractivity contribution in [2.75, 3.05) is 19.6 Å². The molecule has 0 aromatic carbocycles. The minimum Gasteiger partial charge on any atom is -0.379 e. The molecule has 0 unspecified atom stereocenters. The van der Waals surface area contributed by atoms with Gasteiger partial charge in [-0.05, 0) is 31.6 Å². The topological polar surface area (TPSA) is 15.3 Å². The molecule has 1 aliphatic heterocycles. The van der Waals surface area contributed by atoms with E-state index in [4.69, 9.17) is 12.2 Å². The zero-order valence-electron chi connectivity index (χ0n) is 10.2. The fraction of sp³-hybridized carbons (Fsp3) is 0.923. The third-order valence-electron chi connectivity index (χ3n) is 4.13. The molecule has 0 amide bonds. The lowest BCUT2D eigenvalue weighted by Gasteiger charge is -2.35. The van der Waals surface area contributed by atoms with E-state index in [1.165, 1.54) is 64.6 Å². The lowest BCUT2D eigenvalue weighted by atomic mass is 9.88. The normalized spacial score (nSPS) is 25.5. The molecular formula is C13H24N2S. The van der Waals surface area contributed by atoms with Gasteiger partial charge in [0.15, 0.2) is 0 Å². The first kappa shape index (κ1) is 12.3. The van der Waals surface area contributed by atoms with Gasteiger partial charge >= 0.3 is 0 Å². The summed E-state index contributed by atoms with van der Waals surface area (Å²) in [6.07, 6.45) is 9.87. The maximum absolute atomic E-state index is 4.84. The van der Waals surface area contributed by atoms with Gasteiger partial charge in [0.2, 0.25) is 0 Å². The molecule has 0 spiro atoms. The van der Waals surface area contributed by atoms with Crippen molar-refractivity contribution >= 4 is 17.7 Å². The first-order valence-corrected chi connectivity index (χ1v) is 7.27. The van der Waals surface area contributed by atoms with Crippen LogP contribution in [0.5, 0.6) is 0 Å². The number of rotatable bonds is 4. The largest absolute Gasteiger partial charge is 0.379 e. The van der Waals surface area contributed by atoms with Gasteiger partial charge in [0.1, 0.15) is 0 Å². The summed E-state index contributed by atoms with van der Waals surface area (Å²) in [5.74, 6) is 0.990. The molecule has 2 rings (SSSR count). The average molecular weight is 240 g/mol. The lowest BCUT2D eigenvalue weighted by Crippen LogP contribution is -2.43. The van der Waals surface area contributed by atoms with Crippen molar-refractivity contribution in [3.05, 3.63) is 0 Å². The molecule has 2 nitrogen and oxygen atoms in total. The third-order valence-corrected chi connectivity index (χ3v) is 4.27. The molecule has 92 valence electrons. The van der Waals surface area contributed by atoms with Crippen LogP contribution in [-0.2, 0) is 0 Å². The second kappa shape index (κ2) is 6.55. The summed E-state index contributed by atoms with van der Waals surface area (Å²) in [6, 6.07) is 0.639. The molecular weight excluding hydrogens is 216 g/mol. The molecule has 1 N–H and O–H groups in total. The molecule has 0 aromatic heterocycles. The average Bonchev–Trinajstić information content (AvgIpc) is 2.33. The van der Waals surface area contributed by atoms with Gasteiger partial charge in [-0.15, -0.1) is 0 Å². The minimum absolute atomic E-state index is 0.639. The lowest BCUT2D eigenvalue weighted by molar-refractivity contribution is 0.161. The predicted octanol–water partition coefficient (Wildman–Crippen LogP) is 2.58. The summed E-state index contributed by atoms with van der Waals surface area (Å²) in [5.41, 5.74) is 1.68. The maximum Gasteiger partial charge on any atom is 0.0617 e. The monoisotopic (exact) mass is 240 g/mol. The van der Waals surface area contributed by atoms with Crippen molar-refractivity contribution in [1.82, 2.24) is 10.2 Å². The van der Waals surface area contributed by atoms with Crippen molar-refractivity contribution in [3.8, 4) is 0 Å². The van der Waals surface area contributed by atoms with Gasteiger partial charge in [-0.2, -0.15) is 0 Å². The quantitative estimate of drug-likeness (QED) is 0.760. The van der Waals surface area contributed by atoms with Crippen molar-refractivity contribution in [1.29, 1.82) is 0 Å². The SMILES string of the molecule is S=CNC1CCN(CC2CCCCC2)CC1. The van der Waals surface area contributed by atoms with E-state index in [1.54, 1.807) is 5.49 Å². The molecule has 2 fully saturated rings. The Morgan fingerprint density at radius 1 is 1.06 bits per heavy atom. The van der Waals surface area contributed by atoms with Crippen LogP contribution in [0, 0.1) is 5.92 Å². The highest BCUT2D eigenvalue weighted by Crippen LogP contribution is 2.25. The second-order valence-electron chi connectivity index (χ2n) is 5.36. The van der Waals surface area contributed by atoms with E-state index in [0.717, 1.165) is 5.92 Å². The van der Waals surface area contributed by atoms with Gasteiger partial charge < -0.3 is 10.2 Å². The number of nitrogens with one attached hydrogen (secondary N) is 1. The van der Waals surface area contributed by atoms with Crippen LogP contribution in [0.4, 0.5) is 0 Å². The van der Waals surface area contributed by atoms with Gasteiger partial charge in [0.05, 0.1) is 5.49 Å². The molecule has 0 radical (unpaired) electrons. The van der Waals surface area contributed by atoms with Crippen molar-refractivity contribution in [2.45, 2.75) is 51.0 Å². The van der Waals surface area contributed by atoms with Crippen LogP contribution in [0.3, 0.4) is 0 Å². The van der Waals surface area contributed by atoms with E-state index in [2.05, 4.69) is 10.2 Å². The zero-order chi connectivity index (χ0) is 11.2. The highest BCUT2D eigenvalue weighted by atomic mass is 32.1. The molecule has 1 saturated heterocycles. The van der Waals surface area contributed by atoms with Crippen molar-refractivity contribution < 1.29 is 0 Å². The standard InChI is InChI=1S/C13H24N2S/c16-11-14-13-6-8-15(9-7-13)10-12-4-2-1-3-5-12/h11-13H,1-10H2,(H,14,16). The van der Waals surface area contributed by atoms with Crippen molar-refractivity contribution in [3.63, 3.8) is 0 Å². The first-order chi connectivity index (χ1) is 7.88. The van der Waals surface area contributed by atoms with E-state index in [-0.39, 0.29) is 0 Å². The molecule has 0 aromatic rings. The Balaban J connectivity index is 1.66. The Bertz CT molecular complexity index is 206. The van der Waals surface area contributed by atoms with E-state index in [9.17, 15) is 0 Å². The molecule has 2 aliphatic rings. The summed E-state index contributed by atoms with van der Waals surface area (Å²) in [6.45, 7) is 3.87. The molecule has 1 aliphatic carbocycles. The second-order valence-corrected chi connectivity index (χ2v) is 5.60. The maximum atomic E-state index is 4.84. The van der Waals surface area contributed by atoms with Crippen LogP contribution in [0.15, 0.2) is 0 Å². The molecule has 3 heteroatoms. The van der Waals surface area contributed by atoms with Crippen LogP contribution in [0.2, 0.25) is 0 Å². The number of hydrogen-bond donors (Lipinski definition) is 1. The summed E-state index contributed by atoms with van der Waals surface area (Å²) in [5, 5.41) is 3.27. The highest BCUT2D eigenvalue weighted by molar-refractivity contribution is 7.78. The Morgan fingerprint density at radius 3 is 2.38 bits per heavy atom. The van der Waals surface area contributed by atoms with E-state index in [1.807, 2.05) is 0 Å². The molecule has 0 atom stereocenters. The Labute approximate surface area is 105 Å². The van der Waals surface area contributed by atoms with Crippen LogP contribution in [0.1, 0.15) is 44.9 Å². The smallest absolute Gasteiger partial charge is 0.0617 e. The van der Waals surface area contributed by atoms with Gasteiger partial charge in [-0.1, -0.05) is 31.5 Å². The number of thiocarbonyl (C=S) groups is 1. The predicted molar refractivity (Wildman–Crippen MR) is 72.8 cm³/mol. The molecule has 1 heterocycles. The Hall–Kier alpha value is -0.150. The zero-order valence-corrected chi connectivity index (χ0v) is 11.0. The summed E-state index contributed by atoms with van der Waals surface area (Å²) in [7, 11) is 0. The van der Waals surface area contributed by atoms with Gasteiger partial charge in [-0.3, -0.25) is 0 Å². The number of likely N-dealkylation sites (tertiary alicyclic amines) is 1. The molecule has 1 saturated carbocycles. The van der Waals surface area contributed by atoms with Crippen molar-refractivity contribution in [2.24, 2.45) is 5.92 Å². The minimum atomic E-state index is 0.639. The van der Waals surface area contributed by atoms with Crippen LogP contribution >= 0.6 is 12.2 Å². The molecule has 0 bridgehead atoms. The fourth-order valence-corrected chi connectivity index (χ4v) is 3.31. The van der Waals surface area contributed by atoms with Crippen LogP contribution in [-0.4, -0.2) is 36.1 Å². The van der Waals surface area contributed by atoms with Crippen LogP contribution < -0.4 is 5.32 Å². The van der Waals surface area contributed by atoms with Crippen LogP contribution in [0.25, 0.3) is 0 Å². The number of nitrogens with zero attached hydrogens (tertiary/aromatic N) is 1. The van der Waals surface area contributed by atoms with Gasteiger partial charge in [0, 0.05) is 25.7 Å². The summed E-state index contributed by atoms with van der Waals surface area (Å²) < 4.78 is 0. The third kappa shape index (κ3) is 3.70.